The van der Waals surface area contributed by atoms with E-state index < -0.39 is 25.9 Å². The number of hydrogen-bond donors (Lipinski definition) is 2. The van der Waals surface area contributed by atoms with Crippen LogP contribution in [0.4, 0.5) is 0 Å². The molecule has 1 amide bonds. The van der Waals surface area contributed by atoms with Crippen LogP contribution in [0.25, 0.3) is 0 Å². The standard InChI is InChI=1S/C19H29N3O5S2/c1-14-5-6-16(11-15(14)2)29(26,27)20-8-7-19(23)21-17-12-28(24,25)13-18(17)22-9-3-4-10-22/h5-6,11,17-18,20H,3-4,7-10,12-13H2,1-2H3,(H,21,23)/t17-,18-/m1/s1. The van der Waals surface area contributed by atoms with Crippen molar-refractivity contribution in [2.75, 3.05) is 31.1 Å². The third kappa shape index (κ3) is 5.56. The van der Waals surface area contributed by atoms with E-state index in [4.69, 9.17) is 0 Å². The number of sulfone groups is 1. The van der Waals surface area contributed by atoms with Crippen LogP contribution in [-0.4, -0.2) is 70.9 Å². The van der Waals surface area contributed by atoms with Crippen LogP contribution in [0.1, 0.15) is 30.4 Å². The average Bonchev–Trinajstić information content (AvgIpc) is 3.24. The number of amides is 1. The zero-order valence-corrected chi connectivity index (χ0v) is 18.5. The number of benzene rings is 1. The van der Waals surface area contributed by atoms with Crippen LogP contribution in [0.3, 0.4) is 0 Å². The quantitative estimate of drug-likeness (QED) is 0.629. The SMILES string of the molecule is Cc1ccc(S(=O)(=O)NCCC(=O)N[C@@H]2CS(=O)(=O)C[C@H]2N2CCCC2)cc1C. The third-order valence-electron chi connectivity index (χ3n) is 5.71. The lowest BCUT2D eigenvalue weighted by molar-refractivity contribution is -0.121. The van der Waals surface area contributed by atoms with Crippen molar-refractivity contribution in [1.82, 2.24) is 14.9 Å². The summed E-state index contributed by atoms with van der Waals surface area (Å²) in [6.07, 6.45) is 2.03. The first-order valence-electron chi connectivity index (χ1n) is 9.88. The van der Waals surface area contributed by atoms with E-state index in [-0.39, 0.29) is 41.3 Å². The van der Waals surface area contributed by atoms with E-state index in [0.717, 1.165) is 37.1 Å². The normalized spacial score (nSPS) is 24.6. The molecular formula is C19H29N3O5S2. The molecule has 0 spiro atoms. The highest BCUT2D eigenvalue weighted by atomic mass is 32.2. The highest BCUT2D eigenvalue weighted by Crippen LogP contribution is 2.22. The van der Waals surface area contributed by atoms with E-state index in [0.29, 0.717) is 0 Å². The van der Waals surface area contributed by atoms with Crippen molar-refractivity contribution < 1.29 is 21.6 Å². The number of carbonyl (C=O) groups excluding carboxylic acids is 1. The molecule has 2 aliphatic rings. The van der Waals surface area contributed by atoms with Crippen LogP contribution >= 0.6 is 0 Å². The Morgan fingerprint density at radius 2 is 1.83 bits per heavy atom. The lowest BCUT2D eigenvalue weighted by atomic mass is 10.1. The molecule has 0 radical (unpaired) electrons. The molecule has 2 atom stereocenters. The van der Waals surface area contributed by atoms with Gasteiger partial charge in [0.25, 0.3) is 0 Å². The van der Waals surface area contributed by atoms with E-state index in [1.54, 1.807) is 12.1 Å². The molecule has 0 unspecified atom stereocenters. The van der Waals surface area contributed by atoms with Crippen molar-refractivity contribution >= 4 is 25.8 Å². The largest absolute Gasteiger partial charge is 0.351 e. The summed E-state index contributed by atoms with van der Waals surface area (Å²) >= 11 is 0. The minimum absolute atomic E-state index is 0.0467. The minimum Gasteiger partial charge on any atom is -0.351 e. The number of sulfonamides is 1. The summed E-state index contributed by atoms with van der Waals surface area (Å²) in [6, 6.07) is 4.24. The Kier molecular flexibility index (Phi) is 6.67. The van der Waals surface area contributed by atoms with Gasteiger partial charge in [-0.25, -0.2) is 21.6 Å². The Labute approximate surface area is 173 Å². The van der Waals surface area contributed by atoms with Gasteiger partial charge in [0.05, 0.1) is 22.4 Å². The molecule has 2 saturated heterocycles. The number of likely N-dealkylation sites (tertiary alicyclic amines) is 1. The van der Waals surface area contributed by atoms with E-state index in [2.05, 4.69) is 14.9 Å². The maximum Gasteiger partial charge on any atom is 0.240 e. The van der Waals surface area contributed by atoms with Gasteiger partial charge in [0, 0.05) is 19.0 Å². The summed E-state index contributed by atoms with van der Waals surface area (Å²) in [4.78, 5) is 14.6. The maximum absolute atomic E-state index is 12.4. The van der Waals surface area contributed by atoms with E-state index in [9.17, 15) is 21.6 Å². The maximum atomic E-state index is 12.4. The summed E-state index contributed by atoms with van der Waals surface area (Å²) < 4.78 is 51.4. The predicted molar refractivity (Wildman–Crippen MR) is 111 cm³/mol. The Morgan fingerprint density at radius 1 is 1.14 bits per heavy atom. The molecule has 8 nitrogen and oxygen atoms in total. The molecule has 1 aromatic carbocycles. The zero-order chi connectivity index (χ0) is 21.2. The number of carbonyl (C=O) groups is 1. The summed E-state index contributed by atoms with van der Waals surface area (Å²) in [5.74, 6) is -0.342. The monoisotopic (exact) mass is 443 g/mol. The second-order valence-corrected chi connectivity index (χ2v) is 11.9. The molecule has 29 heavy (non-hydrogen) atoms. The molecule has 2 aliphatic heterocycles. The molecule has 0 bridgehead atoms. The van der Waals surface area contributed by atoms with Gasteiger partial charge in [-0.2, -0.15) is 0 Å². The van der Waals surface area contributed by atoms with Crippen molar-refractivity contribution in [3.05, 3.63) is 29.3 Å². The first-order chi connectivity index (χ1) is 13.6. The lowest BCUT2D eigenvalue weighted by Gasteiger charge is -2.28. The van der Waals surface area contributed by atoms with Crippen molar-refractivity contribution in [2.24, 2.45) is 0 Å². The molecule has 1 aromatic rings. The van der Waals surface area contributed by atoms with Crippen LogP contribution in [0.15, 0.2) is 23.1 Å². The number of rotatable bonds is 7. The molecule has 162 valence electrons. The van der Waals surface area contributed by atoms with Gasteiger partial charge in [-0.3, -0.25) is 9.69 Å². The van der Waals surface area contributed by atoms with Crippen LogP contribution in [-0.2, 0) is 24.7 Å². The summed E-state index contributed by atoms with van der Waals surface area (Å²) in [6.45, 7) is 5.40. The van der Waals surface area contributed by atoms with E-state index >= 15 is 0 Å². The number of nitrogens with zero attached hydrogens (tertiary/aromatic N) is 1. The van der Waals surface area contributed by atoms with Gasteiger partial charge in [0.2, 0.25) is 15.9 Å². The fourth-order valence-electron chi connectivity index (χ4n) is 3.94. The van der Waals surface area contributed by atoms with Crippen molar-refractivity contribution in [1.29, 1.82) is 0 Å². The second kappa shape index (κ2) is 8.71. The van der Waals surface area contributed by atoms with Crippen molar-refractivity contribution in [3.63, 3.8) is 0 Å². The molecule has 2 N–H and O–H groups in total. The summed E-state index contributed by atoms with van der Waals surface area (Å²) in [5, 5.41) is 2.81. The summed E-state index contributed by atoms with van der Waals surface area (Å²) in [7, 11) is -6.88. The Morgan fingerprint density at radius 3 is 2.48 bits per heavy atom. The van der Waals surface area contributed by atoms with Crippen LogP contribution in [0.5, 0.6) is 0 Å². The molecule has 2 fully saturated rings. The first kappa shape index (κ1) is 22.2. The van der Waals surface area contributed by atoms with Gasteiger partial charge in [-0.1, -0.05) is 6.07 Å². The van der Waals surface area contributed by atoms with Gasteiger partial charge >= 0.3 is 0 Å². The van der Waals surface area contributed by atoms with Gasteiger partial charge in [-0.05, 0) is 63.0 Å². The summed E-state index contributed by atoms with van der Waals surface area (Å²) in [5.41, 5.74) is 1.88. The Hall–Kier alpha value is -1.49. The fourth-order valence-corrected chi connectivity index (χ4v) is 7.01. The van der Waals surface area contributed by atoms with Crippen LogP contribution in [0, 0.1) is 13.8 Å². The van der Waals surface area contributed by atoms with Gasteiger partial charge < -0.3 is 5.32 Å². The van der Waals surface area contributed by atoms with Crippen molar-refractivity contribution in [3.8, 4) is 0 Å². The number of hydrogen-bond acceptors (Lipinski definition) is 6. The smallest absolute Gasteiger partial charge is 0.240 e. The molecule has 3 rings (SSSR count). The van der Waals surface area contributed by atoms with E-state index in [1.165, 1.54) is 6.07 Å². The molecule has 10 heteroatoms. The Balaban J connectivity index is 1.54. The minimum atomic E-state index is -3.70. The predicted octanol–water partition coefficient (Wildman–Crippen LogP) is 0.349. The van der Waals surface area contributed by atoms with Crippen LogP contribution < -0.4 is 10.0 Å². The van der Waals surface area contributed by atoms with Gasteiger partial charge in [0.1, 0.15) is 0 Å². The molecule has 0 saturated carbocycles. The third-order valence-corrected chi connectivity index (χ3v) is 8.89. The molecular weight excluding hydrogens is 414 g/mol. The number of nitrogens with one attached hydrogen (secondary N) is 2. The lowest BCUT2D eigenvalue weighted by Crippen LogP contribution is -2.50. The topological polar surface area (TPSA) is 113 Å². The average molecular weight is 444 g/mol. The Bertz CT molecular complexity index is 970. The van der Waals surface area contributed by atoms with Crippen molar-refractivity contribution in [2.45, 2.75) is 50.1 Å². The first-order valence-corrected chi connectivity index (χ1v) is 13.2. The highest BCUT2D eigenvalue weighted by Gasteiger charge is 2.42. The molecule has 0 aromatic heterocycles. The van der Waals surface area contributed by atoms with Gasteiger partial charge in [-0.15, -0.1) is 0 Å². The van der Waals surface area contributed by atoms with Crippen LogP contribution in [0.2, 0.25) is 0 Å². The second-order valence-electron chi connectivity index (χ2n) is 7.96. The fraction of sp³-hybridized carbons (Fsp3) is 0.632. The number of aryl methyl sites for hydroxylation is 2. The molecule has 2 heterocycles. The van der Waals surface area contributed by atoms with Gasteiger partial charge in [0.15, 0.2) is 9.84 Å². The van der Waals surface area contributed by atoms with E-state index in [1.807, 2.05) is 13.8 Å². The highest BCUT2D eigenvalue weighted by molar-refractivity contribution is 7.91. The zero-order valence-electron chi connectivity index (χ0n) is 16.8. The molecule has 0 aliphatic carbocycles.